The summed E-state index contributed by atoms with van der Waals surface area (Å²) in [4.78, 5) is 13.4. The Labute approximate surface area is 169 Å². The first-order valence-corrected chi connectivity index (χ1v) is 9.86. The molecule has 0 spiro atoms. The normalized spacial score (nSPS) is 20.8. The number of anilines is 1. The van der Waals surface area contributed by atoms with Crippen molar-refractivity contribution in [1.82, 2.24) is 5.16 Å². The fraction of sp³-hybridized carbons (Fsp3) is 0.250. The van der Waals surface area contributed by atoms with Crippen LogP contribution in [0.4, 0.5) is 5.88 Å². The van der Waals surface area contributed by atoms with E-state index in [2.05, 4.69) is 41.7 Å². The molecule has 2 aromatic carbocycles. The molecule has 0 amide bonds. The molecule has 0 radical (unpaired) electrons. The number of aromatic nitrogens is 1. The number of benzene rings is 2. The SMILES string of the molecule is Cc1ccc([C@@H]2C3=C(C[C@H](c4ccc(O)cc4)CC3=O)Nc3onc(C)c32)cc1. The summed E-state index contributed by atoms with van der Waals surface area (Å²) < 4.78 is 5.56. The first-order valence-electron chi connectivity index (χ1n) is 9.86. The lowest BCUT2D eigenvalue weighted by Gasteiger charge is -2.34. The first kappa shape index (κ1) is 17.7. The van der Waals surface area contributed by atoms with Crippen molar-refractivity contribution in [3.63, 3.8) is 0 Å². The van der Waals surface area contributed by atoms with Gasteiger partial charge in [-0.1, -0.05) is 47.1 Å². The van der Waals surface area contributed by atoms with Crippen LogP contribution in [0.25, 0.3) is 0 Å². The fourth-order valence-corrected chi connectivity index (χ4v) is 4.55. The van der Waals surface area contributed by atoms with E-state index in [-0.39, 0.29) is 23.4 Å². The third-order valence-electron chi connectivity index (χ3n) is 6.03. The van der Waals surface area contributed by atoms with Crippen molar-refractivity contribution in [2.24, 2.45) is 0 Å². The molecule has 146 valence electrons. The number of hydrogen-bond donors (Lipinski definition) is 2. The van der Waals surface area contributed by atoms with Crippen LogP contribution in [0.5, 0.6) is 5.75 Å². The van der Waals surface area contributed by atoms with Gasteiger partial charge in [-0.05, 0) is 49.4 Å². The third kappa shape index (κ3) is 2.94. The van der Waals surface area contributed by atoms with E-state index in [1.165, 1.54) is 5.56 Å². The molecule has 2 aliphatic rings. The molecule has 0 fully saturated rings. The van der Waals surface area contributed by atoms with Gasteiger partial charge in [-0.2, -0.15) is 0 Å². The Balaban J connectivity index is 1.61. The minimum absolute atomic E-state index is 0.0681. The Morgan fingerprint density at radius 2 is 1.69 bits per heavy atom. The van der Waals surface area contributed by atoms with Crippen LogP contribution in [-0.4, -0.2) is 16.0 Å². The summed E-state index contributed by atoms with van der Waals surface area (Å²) in [6.45, 7) is 3.98. The number of aromatic hydroxyl groups is 1. The topological polar surface area (TPSA) is 75.4 Å². The zero-order chi connectivity index (χ0) is 20.1. The van der Waals surface area contributed by atoms with Gasteiger partial charge in [0, 0.05) is 23.6 Å². The number of nitrogens with one attached hydrogen (secondary N) is 1. The van der Waals surface area contributed by atoms with Gasteiger partial charge in [0.15, 0.2) is 5.78 Å². The van der Waals surface area contributed by atoms with E-state index < -0.39 is 0 Å². The third-order valence-corrected chi connectivity index (χ3v) is 6.03. The Hall–Kier alpha value is -3.34. The molecule has 3 aromatic rings. The summed E-state index contributed by atoms with van der Waals surface area (Å²) in [6, 6.07) is 15.5. The number of hydrogen-bond acceptors (Lipinski definition) is 5. The van der Waals surface area contributed by atoms with Crippen LogP contribution in [0.3, 0.4) is 0 Å². The van der Waals surface area contributed by atoms with Crippen molar-refractivity contribution in [3.05, 3.63) is 87.7 Å². The number of ketones is 1. The van der Waals surface area contributed by atoms with Gasteiger partial charge < -0.3 is 14.9 Å². The average Bonchev–Trinajstić information content (AvgIpc) is 3.08. The molecule has 0 bridgehead atoms. The summed E-state index contributed by atoms with van der Waals surface area (Å²) >= 11 is 0. The van der Waals surface area contributed by atoms with Crippen molar-refractivity contribution < 1.29 is 14.4 Å². The Bertz CT molecular complexity index is 1120. The van der Waals surface area contributed by atoms with Gasteiger partial charge in [-0.15, -0.1) is 0 Å². The van der Waals surface area contributed by atoms with E-state index in [0.717, 1.165) is 33.7 Å². The van der Waals surface area contributed by atoms with Gasteiger partial charge in [0.2, 0.25) is 5.88 Å². The number of allylic oxidation sites excluding steroid dienone is 2. The molecule has 1 aliphatic heterocycles. The summed E-state index contributed by atoms with van der Waals surface area (Å²) in [5, 5.41) is 17.1. The van der Waals surface area contributed by atoms with Crippen LogP contribution < -0.4 is 5.32 Å². The van der Waals surface area contributed by atoms with Crippen LogP contribution in [0.2, 0.25) is 0 Å². The number of Topliss-reactive ketones (excluding diaryl/α,β-unsaturated/α-hetero) is 1. The molecule has 1 aromatic heterocycles. The van der Waals surface area contributed by atoms with Crippen molar-refractivity contribution in [2.75, 3.05) is 5.32 Å². The van der Waals surface area contributed by atoms with Crippen LogP contribution in [0, 0.1) is 13.8 Å². The molecule has 2 N–H and O–H groups in total. The average molecular weight is 386 g/mol. The molecule has 0 saturated heterocycles. The van der Waals surface area contributed by atoms with E-state index in [9.17, 15) is 9.90 Å². The maximum Gasteiger partial charge on any atom is 0.233 e. The highest BCUT2D eigenvalue weighted by molar-refractivity contribution is 6.01. The number of fused-ring (bicyclic) bond motifs is 1. The second kappa shape index (κ2) is 6.62. The minimum Gasteiger partial charge on any atom is -0.508 e. The summed E-state index contributed by atoms with van der Waals surface area (Å²) in [5.74, 6) is 0.910. The van der Waals surface area contributed by atoms with Gasteiger partial charge in [0.05, 0.1) is 11.3 Å². The van der Waals surface area contributed by atoms with Gasteiger partial charge in [0.25, 0.3) is 0 Å². The van der Waals surface area contributed by atoms with Gasteiger partial charge in [0.1, 0.15) is 5.75 Å². The first-order chi connectivity index (χ1) is 14.0. The van der Waals surface area contributed by atoms with Gasteiger partial charge in [-0.25, -0.2) is 0 Å². The predicted molar refractivity (Wildman–Crippen MR) is 110 cm³/mol. The summed E-state index contributed by atoms with van der Waals surface area (Å²) in [5.41, 5.74) is 6.80. The van der Waals surface area contributed by atoms with E-state index in [0.29, 0.717) is 18.7 Å². The molecule has 2 heterocycles. The Morgan fingerprint density at radius 1 is 1.00 bits per heavy atom. The zero-order valence-electron chi connectivity index (χ0n) is 16.4. The smallest absolute Gasteiger partial charge is 0.233 e. The quantitative estimate of drug-likeness (QED) is 0.651. The minimum atomic E-state index is -0.165. The molecular weight excluding hydrogens is 364 g/mol. The van der Waals surface area contributed by atoms with Crippen LogP contribution >= 0.6 is 0 Å². The molecule has 0 saturated carbocycles. The maximum atomic E-state index is 13.4. The molecule has 5 rings (SSSR count). The lowest BCUT2D eigenvalue weighted by atomic mass is 9.72. The molecule has 0 unspecified atom stereocenters. The lowest BCUT2D eigenvalue weighted by molar-refractivity contribution is -0.116. The maximum absolute atomic E-state index is 13.4. The molecular formula is C24H22N2O3. The zero-order valence-corrected chi connectivity index (χ0v) is 16.4. The van der Waals surface area contributed by atoms with Crippen LogP contribution in [0.1, 0.15) is 52.6 Å². The standard InChI is InChI=1S/C24H22N2O3/c1-13-3-5-16(6-4-13)22-21-14(2)26-29-24(21)25-19-11-17(12-20(28)23(19)22)15-7-9-18(27)10-8-15/h3-10,17,22,25,27H,11-12H2,1-2H3/t17-,22-/m0/s1. The number of nitrogens with zero attached hydrogens (tertiary/aromatic N) is 1. The summed E-state index contributed by atoms with van der Waals surface area (Å²) in [7, 11) is 0. The molecule has 5 heteroatoms. The van der Waals surface area contributed by atoms with Crippen LogP contribution in [0.15, 0.2) is 64.3 Å². The molecule has 5 nitrogen and oxygen atoms in total. The highest BCUT2D eigenvalue weighted by Crippen LogP contribution is 2.49. The monoisotopic (exact) mass is 386 g/mol. The lowest BCUT2D eigenvalue weighted by Crippen LogP contribution is -2.29. The van der Waals surface area contributed by atoms with E-state index in [1.54, 1.807) is 12.1 Å². The van der Waals surface area contributed by atoms with Crippen molar-refractivity contribution in [3.8, 4) is 5.75 Å². The summed E-state index contributed by atoms with van der Waals surface area (Å²) in [6.07, 6.45) is 1.17. The van der Waals surface area contributed by atoms with E-state index in [1.807, 2.05) is 19.1 Å². The van der Waals surface area contributed by atoms with E-state index >= 15 is 0 Å². The highest BCUT2D eigenvalue weighted by atomic mass is 16.5. The molecule has 2 atom stereocenters. The molecule has 1 aliphatic carbocycles. The largest absolute Gasteiger partial charge is 0.508 e. The van der Waals surface area contributed by atoms with Gasteiger partial charge >= 0.3 is 0 Å². The number of carbonyl (C=O) groups is 1. The number of carbonyl (C=O) groups excluding carboxylic acids is 1. The second-order valence-electron chi connectivity index (χ2n) is 7.99. The van der Waals surface area contributed by atoms with Crippen molar-refractivity contribution in [2.45, 2.75) is 38.5 Å². The Morgan fingerprint density at radius 3 is 2.41 bits per heavy atom. The number of phenols is 1. The van der Waals surface area contributed by atoms with Gasteiger partial charge in [-0.3, -0.25) is 4.79 Å². The Kier molecular flexibility index (Phi) is 4.05. The highest BCUT2D eigenvalue weighted by Gasteiger charge is 2.41. The second-order valence-corrected chi connectivity index (χ2v) is 7.99. The van der Waals surface area contributed by atoms with Crippen LogP contribution in [-0.2, 0) is 4.79 Å². The number of rotatable bonds is 2. The predicted octanol–water partition coefficient (Wildman–Crippen LogP) is 4.96. The fourth-order valence-electron chi connectivity index (χ4n) is 4.55. The molecule has 29 heavy (non-hydrogen) atoms. The van der Waals surface area contributed by atoms with Crippen molar-refractivity contribution in [1.29, 1.82) is 0 Å². The number of phenolic OH excluding ortho intramolecular Hbond substituents is 1. The number of aryl methyl sites for hydroxylation is 2. The van der Waals surface area contributed by atoms with E-state index in [4.69, 9.17) is 4.52 Å². The van der Waals surface area contributed by atoms with Crippen molar-refractivity contribution >= 4 is 11.7 Å².